The number of rotatable bonds is 5. The molecule has 4 rings (SSSR count). The van der Waals surface area contributed by atoms with E-state index in [1.54, 1.807) is 12.7 Å². The lowest BCUT2D eigenvalue weighted by Crippen LogP contribution is -2.63. The number of esters is 2. The van der Waals surface area contributed by atoms with Gasteiger partial charge in [0.05, 0.1) is 19.6 Å². The van der Waals surface area contributed by atoms with E-state index in [1.807, 2.05) is 0 Å². The molecule has 0 N–H and O–H groups in total. The van der Waals surface area contributed by atoms with E-state index in [4.69, 9.17) is 9.47 Å². The van der Waals surface area contributed by atoms with Gasteiger partial charge in [-0.15, -0.1) is 0 Å². The van der Waals surface area contributed by atoms with Crippen molar-refractivity contribution >= 4 is 11.9 Å². The van der Waals surface area contributed by atoms with Gasteiger partial charge in [0.1, 0.15) is 0 Å². The molecule has 4 aliphatic carbocycles. The van der Waals surface area contributed by atoms with Gasteiger partial charge in [-0.3, -0.25) is 9.59 Å². The molecule has 36 heavy (non-hydrogen) atoms. The summed E-state index contributed by atoms with van der Waals surface area (Å²) in [6.45, 7) is 18.8. The highest BCUT2D eigenvalue weighted by Gasteiger charge is 2.67. The first-order valence-corrected chi connectivity index (χ1v) is 14.3. The van der Waals surface area contributed by atoms with Crippen molar-refractivity contribution in [2.75, 3.05) is 14.2 Å². The quantitative estimate of drug-likeness (QED) is 0.290. The summed E-state index contributed by atoms with van der Waals surface area (Å²) in [6, 6.07) is 0. The summed E-state index contributed by atoms with van der Waals surface area (Å²) in [5.41, 5.74) is 2.54. The third-order valence-electron chi connectivity index (χ3n) is 12.5. The van der Waals surface area contributed by atoms with Crippen LogP contribution in [0.4, 0.5) is 0 Å². The molecule has 0 saturated heterocycles. The maximum absolute atomic E-state index is 13.4. The van der Waals surface area contributed by atoms with Crippen molar-refractivity contribution in [3.05, 3.63) is 23.8 Å². The number of carbonyl (C=O) groups is 2. The zero-order valence-corrected chi connectivity index (χ0v) is 24.2. The molecule has 3 unspecified atom stereocenters. The largest absolute Gasteiger partial charge is 0.469 e. The van der Waals surface area contributed by atoms with Gasteiger partial charge in [-0.1, -0.05) is 58.4 Å². The van der Waals surface area contributed by atoms with Gasteiger partial charge in [0, 0.05) is 6.42 Å². The Bertz CT molecular complexity index is 950. The predicted molar refractivity (Wildman–Crippen MR) is 144 cm³/mol. The smallest absolute Gasteiger partial charge is 0.312 e. The number of allylic oxidation sites excluding steroid dienone is 3. The first-order chi connectivity index (χ1) is 16.8. The van der Waals surface area contributed by atoms with Gasteiger partial charge in [0.2, 0.25) is 0 Å². The van der Waals surface area contributed by atoms with Crippen LogP contribution in [0.5, 0.6) is 0 Å². The van der Waals surface area contributed by atoms with E-state index in [9.17, 15) is 9.59 Å². The molecule has 0 spiro atoms. The molecule has 4 heteroatoms. The van der Waals surface area contributed by atoms with Crippen LogP contribution in [0.3, 0.4) is 0 Å². The van der Waals surface area contributed by atoms with Crippen molar-refractivity contribution in [2.45, 2.75) is 99.3 Å². The van der Waals surface area contributed by atoms with Crippen molar-refractivity contribution < 1.29 is 19.1 Å². The molecular formula is C32H50O4. The van der Waals surface area contributed by atoms with E-state index in [1.165, 1.54) is 19.1 Å². The molecule has 3 saturated carbocycles. The number of methoxy groups -OCH3 is 2. The molecular weight excluding hydrogens is 448 g/mol. The van der Waals surface area contributed by atoms with Crippen LogP contribution in [0.15, 0.2) is 23.8 Å². The minimum Gasteiger partial charge on any atom is -0.469 e. The highest BCUT2D eigenvalue weighted by atomic mass is 16.5. The number of ether oxygens (including phenoxy) is 2. The fourth-order valence-corrected chi connectivity index (χ4v) is 10.0. The Labute approximate surface area is 219 Å². The molecule has 0 heterocycles. The lowest BCUT2D eigenvalue weighted by molar-refractivity contribution is -0.177. The minimum atomic E-state index is -0.377. The molecule has 0 bridgehead atoms. The third-order valence-corrected chi connectivity index (χ3v) is 12.5. The van der Waals surface area contributed by atoms with Gasteiger partial charge in [0.25, 0.3) is 0 Å². The molecule has 9 atom stereocenters. The molecule has 0 aromatic rings. The van der Waals surface area contributed by atoms with Gasteiger partial charge in [0.15, 0.2) is 0 Å². The first-order valence-electron chi connectivity index (χ1n) is 14.3. The van der Waals surface area contributed by atoms with Crippen molar-refractivity contribution in [2.24, 2.45) is 51.2 Å². The molecule has 0 aromatic heterocycles. The monoisotopic (exact) mass is 498 g/mol. The Morgan fingerprint density at radius 1 is 1.03 bits per heavy atom. The van der Waals surface area contributed by atoms with Crippen molar-refractivity contribution in [1.82, 2.24) is 0 Å². The highest BCUT2D eigenvalue weighted by Crippen LogP contribution is 2.74. The minimum absolute atomic E-state index is 0.00961. The first kappa shape index (κ1) is 27.5. The van der Waals surface area contributed by atoms with Crippen LogP contribution in [0.25, 0.3) is 0 Å². The van der Waals surface area contributed by atoms with Crippen LogP contribution >= 0.6 is 0 Å². The lowest BCUT2D eigenvalue weighted by atomic mass is 9.35. The summed E-state index contributed by atoms with van der Waals surface area (Å²) in [5.74, 6) is 2.08. The predicted octanol–water partition coefficient (Wildman–Crippen LogP) is 7.53. The van der Waals surface area contributed by atoms with Gasteiger partial charge >= 0.3 is 11.9 Å². The Balaban J connectivity index is 1.82. The summed E-state index contributed by atoms with van der Waals surface area (Å²) in [4.78, 5) is 25.7. The summed E-state index contributed by atoms with van der Waals surface area (Å²) < 4.78 is 10.6. The zero-order valence-electron chi connectivity index (χ0n) is 24.2. The molecule has 0 radical (unpaired) electrons. The van der Waals surface area contributed by atoms with Crippen LogP contribution in [-0.2, 0) is 19.1 Å². The molecule has 3 fully saturated rings. The average molecular weight is 499 g/mol. The van der Waals surface area contributed by atoms with Crippen LogP contribution in [0, 0.1) is 51.2 Å². The van der Waals surface area contributed by atoms with Gasteiger partial charge in [-0.2, -0.15) is 0 Å². The molecule has 202 valence electrons. The second kappa shape index (κ2) is 9.31. The Kier molecular flexibility index (Phi) is 7.10. The van der Waals surface area contributed by atoms with Gasteiger partial charge in [-0.25, -0.2) is 0 Å². The summed E-state index contributed by atoms with van der Waals surface area (Å²) in [7, 11) is 3.06. The van der Waals surface area contributed by atoms with Crippen LogP contribution in [0.1, 0.15) is 99.3 Å². The number of carbonyl (C=O) groups excluding carboxylic acids is 2. The SMILES string of the molecule is C=C(C)C1CC[C@]2(C)C(CC=C3C4[C@@H](C)[C@H](C)CC[C@]4(C(=O)OC)CC[C@]32C)[C@@]1(C)CCC(=O)OC. The van der Waals surface area contributed by atoms with Crippen molar-refractivity contribution in [1.29, 1.82) is 0 Å². The average Bonchev–Trinajstić information content (AvgIpc) is 2.84. The molecule has 0 amide bonds. The molecule has 4 aliphatic rings. The Morgan fingerprint density at radius 2 is 1.72 bits per heavy atom. The zero-order chi connectivity index (χ0) is 26.7. The van der Waals surface area contributed by atoms with E-state index >= 15 is 0 Å². The number of hydrogen-bond acceptors (Lipinski definition) is 4. The Morgan fingerprint density at radius 3 is 2.33 bits per heavy atom. The standard InChI is InChI=1S/C32H50O4/c1-20(2)23-13-16-31(7)25(29(23,5)15-14-26(33)35-8)11-10-24-27-22(4)21(3)12-17-32(27,28(34)36-9)19-18-30(24,31)6/h10,21-23,25,27H,1,11-19H2,2-9H3/t21-,22+,23?,25?,27?,29+,30-,31-,32+/m1/s1. The second-order valence-corrected chi connectivity index (χ2v) is 13.7. The maximum Gasteiger partial charge on any atom is 0.312 e. The van der Waals surface area contributed by atoms with Crippen LogP contribution in [0.2, 0.25) is 0 Å². The van der Waals surface area contributed by atoms with E-state index in [2.05, 4.69) is 54.2 Å². The number of hydrogen-bond donors (Lipinski definition) is 0. The maximum atomic E-state index is 13.4. The topological polar surface area (TPSA) is 52.6 Å². The summed E-state index contributed by atoms with van der Waals surface area (Å²) in [6.07, 6.45) is 11.1. The lowest BCUT2D eigenvalue weighted by Gasteiger charge is -2.69. The Hall–Kier alpha value is -1.58. The molecule has 0 aliphatic heterocycles. The third kappa shape index (κ3) is 3.67. The van der Waals surface area contributed by atoms with Crippen LogP contribution < -0.4 is 0 Å². The van der Waals surface area contributed by atoms with E-state index in [-0.39, 0.29) is 39.5 Å². The fourth-order valence-electron chi connectivity index (χ4n) is 10.0. The van der Waals surface area contributed by atoms with Crippen molar-refractivity contribution in [3.63, 3.8) is 0 Å². The van der Waals surface area contributed by atoms with Crippen molar-refractivity contribution in [3.8, 4) is 0 Å². The normalized spacial score (nSPS) is 45.9. The van der Waals surface area contributed by atoms with Crippen LogP contribution in [-0.4, -0.2) is 26.2 Å². The molecule has 0 aromatic carbocycles. The number of fused-ring (bicyclic) bond motifs is 5. The van der Waals surface area contributed by atoms with E-state index < -0.39 is 0 Å². The summed E-state index contributed by atoms with van der Waals surface area (Å²) in [5, 5.41) is 0. The second-order valence-electron chi connectivity index (χ2n) is 13.7. The molecule has 4 nitrogen and oxygen atoms in total. The van der Waals surface area contributed by atoms with Gasteiger partial charge < -0.3 is 9.47 Å². The van der Waals surface area contributed by atoms with E-state index in [0.29, 0.717) is 30.1 Å². The van der Waals surface area contributed by atoms with E-state index in [0.717, 1.165) is 44.9 Å². The van der Waals surface area contributed by atoms with Gasteiger partial charge in [-0.05, 0) is 104 Å². The fraction of sp³-hybridized carbons (Fsp3) is 0.812. The summed E-state index contributed by atoms with van der Waals surface area (Å²) >= 11 is 0. The highest BCUT2D eigenvalue weighted by molar-refractivity contribution is 5.78.